The number of ether oxygens (including phenoxy) is 3. The van der Waals surface area contributed by atoms with Crippen LogP contribution in [0.25, 0.3) is 32.6 Å². The number of halogens is 1. The molecule has 1 atom stereocenters. The third kappa shape index (κ3) is 7.14. The van der Waals surface area contributed by atoms with E-state index in [0.717, 1.165) is 40.9 Å². The second-order valence-corrected chi connectivity index (χ2v) is 11.7. The molecule has 12 heteroatoms. The van der Waals surface area contributed by atoms with E-state index in [1.807, 2.05) is 11.4 Å². The van der Waals surface area contributed by atoms with E-state index in [1.165, 1.54) is 29.3 Å². The lowest BCUT2D eigenvalue weighted by Gasteiger charge is -2.18. The standard InChI is InChI=1S/C33H34FN5O5S/c1-2-29(40)39-12-8-25(20-39)44-33(41)36-11-13-42-14-15-43-28-18-24(34)5-6-26(28)31-32-27(9-16-45-32)30(37-38-31)22-3-4-23-19-35-10-7-21(23)17-22/h2-6,9,16-18,25,35H,1,7-8,10-15,19-20H2,(H,36,41)/t25-/m0/s1. The van der Waals surface area contributed by atoms with Crippen molar-refractivity contribution in [1.82, 2.24) is 25.7 Å². The Morgan fingerprint density at radius 3 is 2.89 bits per heavy atom. The number of likely N-dealkylation sites (tertiary alicyclic amines) is 1. The number of benzene rings is 2. The molecule has 2 amide bonds. The number of alkyl carbamates (subject to hydrolysis) is 1. The first-order chi connectivity index (χ1) is 22.0. The Morgan fingerprint density at radius 1 is 1.11 bits per heavy atom. The predicted molar refractivity (Wildman–Crippen MR) is 170 cm³/mol. The van der Waals surface area contributed by atoms with Crippen LogP contribution >= 0.6 is 11.3 Å². The van der Waals surface area contributed by atoms with E-state index in [2.05, 4.69) is 45.6 Å². The van der Waals surface area contributed by atoms with E-state index in [4.69, 9.17) is 14.2 Å². The van der Waals surface area contributed by atoms with Gasteiger partial charge in [0.25, 0.3) is 0 Å². The topological polar surface area (TPSA) is 115 Å². The number of hydrogen-bond acceptors (Lipinski definition) is 9. The number of thiophene rings is 1. The zero-order valence-corrected chi connectivity index (χ0v) is 25.5. The molecule has 0 spiro atoms. The molecule has 1 saturated heterocycles. The monoisotopic (exact) mass is 631 g/mol. The van der Waals surface area contributed by atoms with Crippen LogP contribution in [-0.4, -0.2) is 79.2 Å². The predicted octanol–water partition coefficient (Wildman–Crippen LogP) is 4.72. The average molecular weight is 632 g/mol. The summed E-state index contributed by atoms with van der Waals surface area (Å²) in [5.41, 5.74) is 5.75. The zero-order chi connectivity index (χ0) is 31.2. The lowest BCUT2D eigenvalue weighted by atomic mass is 9.96. The van der Waals surface area contributed by atoms with Gasteiger partial charge in [0.1, 0.15) is 35.7 Å². The Kier molecular flexibility index (Phi) is 9.63. The molecule has 4 aromatic rings. The number of nitrogens with one attached hydrogen (secondary N) is 2. The van der Waals surface area contributed by atoms with Crippen LogP contribution in [0.15, 0.2) is 60.5 Å². The number of rotatable bonds is 11. The number of hydrogen-bond donors (Lipinski definition) is 2. The summed E-state index contributed by atoms with van der Waals surface area (Å²) in [6.45, 7) is 7.06. The minimum absolute atomic E-state index is 0.166. The van der Waals surface area contributed by atoms with Crippen molar-refractivity contribution >= 4 is 33.4 Å². The fourth-order valence-corrected chi connectivity index (χ4v) is 6.48. The van der Waals surface area contributed by atoms with Gasteiger partial charge in [-0.25, -0.2) is 9.18 Å². The van der Waals surface area contributed by atoms with Crippen molar-refractivity contribution in [1.29, 1.82) is 0 Å². The van der Waals surface area contributed by atoms with Crippen molar-refractivity contribution in [3.63, 3.8) is 0 Å². The van der Waals surface area contributed by atoms with E-state index >= 15 is 0 Å². The summed E-state index contributed by atoms with van der Waals surface area (Å²) in [6.07, 6.45) is 1.91. The Labute approximate surface area is 264 Å². The molecule has 2 aliphatic heterocycles. The van der Waals surface area contributed by atoms with Crippen molar-refractivity contribution in [2.45, 2.75) is 25.5 Å². The number of carbonyl (C=O) groups excluding carboxylic acids is 2. The van der Waals surface area contributed by atoms with Gasteiger partial charge in [-0.05, 0) is 59.8 Å². The van der Waals surface area contributed by atoms with Gasteiger partial charge in [-0.15, -0.1) is 21.5 Å². The fraction of sp³-hybridized carbons (Fsp3) is 0.333. The van der Waals surface area contributed by atoms with E-state index in [1.54, 1.807) is 22.3 Å². The first-order valence-corrected chi connectivity index (χ1v) is 15.8. The lowest BCUT2D eigenvalue weighted by molar-refractivity contribution is -0.125. The molecule has 0 saturated carbocycles. The highest BCUT2D eigenvalue weighted by molar-refractivity contribution is 7.17. The molecule has 10 nitrogen and oxygen atoms in total. The number of nitrogens with zero attached hydrogens (tertiary/aromatic N) is 3. The molecular weight excluding hydrogens is 597 g/mol. The number of fused-ring (bicyclic) bond motifs is 2. The maximum atomic E-state index is 14.3. The summed E-state index contributed by atoms with van der Waals surface area (Å²) in [6, 6.07) is 12.9. The largest absolute Gasteiger partial charge is 0.490 e. The van der Waals surface area contributed by atoms with Crippen LogP contribution in [0.5, 0.6) is 5.75 Å². The van der Waals surface area contributed by atoms with Crippen LogP contribution in [-0.2, 0) is 27.2 Å². The highest BCUT2D eigenvalue weighted by atomic mass is 32.1. The van der Waals surface area contributed by atoms with Crippen molar-refractivity contribution in [3.8, 4) is 28.3 Å². The second-order valence-electron chi connectivity index (χ2n) is 10.8. The molecule has 0 unspecified atom stereocenters. The van der Waals surface area contributed by atoms with Crippen LogP contribution in [0, 0.1) is 5.82 Å². The summed E-state index contributed by atoms with van der Waals surface area (Å²) in [5.74, 6) is -0.252. The Bertz CT molecular complexity index is 1710. The summed E-state index contributed by atoms with van der Waals surface area (Å²) < 4.78 is 32.1. The quantitative estimate of drug-likeness (QED) is 0.181. The van der Waals surface area contributed by atoms with Crippen LogP contribution in [0.3, 0.4) is 0 Å². The number of amides is 2. The molecule has 0 radical (unpaired) electrons. The molecule has 0 aliphatic carbocycles. The van der Waals surface area contributed by atoms with E-state index in [9.17, 15) is 14.0 Å². The van der Waals surface area contributed by atoms with Crippen molar-refractivity contribution in [3.05, 3.63) is 77.4 Å². The molecule has 2 aromatic heterocycles. The Hall–Kier alpha value is -4.39. The SMILES string of the molecule is C=CC(=O)N1CC[C@H](OC(=O)NCCOCCOc2cc(F)ccc2-c2nnc(-c3ccc4c(c3)CCNC4)c3ccsc23)C1. The highest BCUT2D eigenvalue weighted by Crippen LogP contribution is 2.39. The van der Waals surface area contributed by atoms with Crippen LogP contribution in [0.1, 0.15) is 17.5 Å². The summed E-state index contributed by atoms with van der Waals surface area (Å²) in [7, 11) is 0. The lowest BCUT2D eigenvalue weighted by Crippen LogP contribution is -2.34. The van der Waals surface area contributed by atoms with Gasteiger partial charge >= 0.3 is 6.09 Å². The zero-order valence-electron chi connectivity index (χ0n) is 24.7. The van der Waals surface area contributed by atoms with Crippen molar-refractivity contribution < 1.29 is 28.2 Å². The van der Waals surface area contributed by atoms with Gasteiger partial charge in [0.05, 0.1) is 24.5 Å². The van der Waals surface area contributed by atoms with Crippen LogP contribution < -0.4 is 15.4 Å². The fourth-order valence-electron chi connectivity index (χ4n) is 5.59. The van der Waals surface area contributed by atoms with E-state index in [0.29, 0.717) is 36.5 Å². The molecule has 45 heavy (non-hydrogen) atoms. The molecule has 4 heterocycles. The molecule has 2 aliphatic rings. The maximum absolute atomic E-state index is 14.3. The molecular formula is C33H34FN5O5S. The average Bonchev–Trinajstić information content (AvgIpc) is 3.74. The number of aromatic nitrogens is 2. The molecule has 234 valence electrons. The van der Waals surface area contributed by atoms with Crippen molar-refractivity contribution in [2.75, 3.05) is 46.0 Å². The van der Waals surface area contributed by atoms with Gasteiger partial charge in [-0.1, -0.05) is 18.7 Å². The van der Waals surface area contributed by atoms with E-state index < -0.39 is 11.9 Å². The molecule has 1 fully saturated rings. The summed E-state index contributed by atoms with van der Waals surface area (Å²) >= 11 is 1.56. The number of carbonyl (C=O) groups is 2. The molecule has 0 bridgehead atoms. The highest BCUT2D eigenvalue weighted by Gasteiger charge is 2.27. The van der Waals surface area contributed by atoms with Crippen LogP contribution in [0.4, 0.5) is 9.18 Å². The van der Waals surface area contributed by atoms with Crippen LogP contribution in [0.2, 0.25) is 0 Å². The smallest absolute Gasteiger partial charge is 0.407 e. The summed E-state index contributed by atoms with van der Waals surface area (Å²) in [5, 5.41) is 18.3. The molecule has 6 rings (SSSR count). The molecule has 2 N–H and O–H groups in total. The third-order valence-corrected chi connectivity index (χ3v) is 8.78. The Balaban J connectivity index is 1.03. The van der Waals surface area contributed by atoms with Gasteiger partial charge in [0.15, 0.2) is 0 Å². The minimum atomic E-state index is -0.562. The third-order valence-electron chi connectivity index (χ3n) is 7.86. The van der Waals surface area contributed by atoms with Gasteiger partial charge in [-0.3, -0.25) is 4.79 Å². The van der Waals surface area contributed by atoms with Gasteiger partial charge in [0.2, 0.25) is 5.91 Å². The van der Waals surface area contributed by atoms with Gasteiger partial charge in [0, 0.05) is 48.6 Å². The van der Waals surface area contributed by atoms with E-state index in [-0.39, 0.29) is 38.4 Å². The van der Waals surface area contributed by atoms with Gasteiger partial charge in [-0.2, -0.15) is 0 Å². The normalized spacial score (nSPS) is 15.9. The Morgan fingerprint density at radius 2 is 2.00 bits per heavy atom. The van der Waals surface area contributed by atoms with Gasteiger partial charge < -0.3 is 29.7 Å². The minimum Gasteiger partial charge on any atom is -0.490 e. The maximum Gasteiger partial charge on any atom is 0.407 e. The van der Waals surface area contributed by atoms with Crippen molar-refractivity contribution in [2.24, 2.45) is 0 Å². The second kappa shape index (κ2) is 14.1. The first-order valence-electron chi connectivity index (χ1n) is 14.9. The molecule has 2 aromatic carbocycles. The first kappa shape index (κ1) is 30.6. The summed E-state index contributed by atoms with van der Waals surface area (Å²) in [4.78, 5) is 25.3.